The second-order valence-electron chi connectivity index (χ2n) is 5.63. The van der Waals surface area contributed by atoms with Gasteiger partial charge in [-0.25, -0.2) is 13.2 Å². The summed E-state index contributed by atoms with van der Waals surface area (Å²) in [4.78, 5) is 1.84. The summed E-state index contributed by atoms with van der Waals surface area (Å²) in [6, 6.07) is 9.75. The van der Waals surface area contributed by atoms with Gasteiger partial charge in [0.15, 0.2) is 17.4 Å². The van der Waals surface area contributed by atoms with Crippen LogP contribution < -0.4 is 9.64 Å². The van der Waals surface area contributed by atoms with E-state index in [1.165, 1.54) is 12.1 Å². The number of nitriles is 1. The number of ether oxygens (including phenoxy) is 1. The lowest BCUT2D eigenvalue weighted by atomic mass is 10.1. The Morgan fingerprint density at radius 2 is 1.83 bits per heavy atom. The van der Waals surface area contributed by atoms with Crippen molar-refractivity contribution in [2.24, 2.45) is 0 Å². The van der Waals surface area contributed by atoms with E-state index in [0.29, 0.717) is 31.6 Å². The molecule has 6 heteroatoms. The van der Waals surface area contributed by atoms with Gasteiger partial charge < -0.3 is 9.64 Å². The van der Waals surface area contributed by atoms with E-state index in [1.807, 2.05) is 11.0 Å². The van der Waals surface area contributed by atoms with Crippen LogP contribution in [0.15, 0.2) is 36.4 Å². The molecule has 1 aliphatic heterocycles. The first-order valence-corrected chi connectivity index (χ1v) is 7.63. The molecule has 0 radical (unpaired) electrons. The standard InChI is InChI=1S/C18H15F3N2O/c19-13-4-5-17(15(20)10-13)24-14-6-8-23(9-7-14)16-3-1-2-12(11-22)18(16)21/h1-5,10,14H,6-9H2. The van der Waals surface area contributed by atoms with Gasteiger partial charge in [0.25, 0.3) is 0 Å². The Balaban J connectivity index is 1.65. The molecule has 0 aromatic heterocycles. The number of rotatable bonds is 3. The topological polar surface area (TPSA) is 36.3 Å². The number of anilines is 1. The number of benzene rings is 2. The first-order chi connectivity index (χ1) is 11.6. The molecule has 0 atom stereocenters. The summed E-state index contributed by atoms with van der Waals surface area (Å²) in [5.41, 5.74) is 0.403. The lowest BCUT2D eigenvalue weighted by molar-refractivity contribution is 0.163. The van der Waals surface area contributed by atoms with Crippen molar-refractivity contribution in [2.75, 3.05) is 18.0 Å². The highest BCUT2D eigenvalue weighted by Crippen LogP contribution is 2.27. The Labute approximate surface area is 137 Å². The molecule has 0 saturated carbocycles. The Morgan fingerprint density at radius 3 is 2.50 bits per heavy atom. The Bertz CT molecular complexity index is 780. The maximum absolute atomic E-state index is 14.2. The normalized spacial score (nSPS) is 15.2. The SMILES string of the molecule is N#Cc1cccc(N2CCC(Oc3ccc(F)cc3F)CC2)c1F. The second-order valence-corrected chi connectivity index (χ2v) is 5.63. The molecule has 3 nitrogen and oxygen atoms in total. The van der Waals surface area contributed by atoms with Crippen molar-refractivity contribution < 1.29 is 17.9 Å². The van der Waals surface area contributed by atoms with Gasteiger partial charge in [0.2, 0.25) is 0 Å². The van der Waals surface area contributed by atoms with E-state index in [-0.39, 0.29) is 17.4 Å². The predicted octanol–water partition coefficient (Wildman–Crippen LogP) is 4.02. The van der Waals surface area contributed by atoms with Crippen molar-refractivity contribution in [1.82, 2.24) is 0 Å². The van der Waals surface area contributed by atoms with Crippen LogP contribution in [0.4, 0.5) is 18.9 Å². The summed E-state index contributed by atoms with van der Waals surface area (Å²) >= 11 is 0. The van der Waals surface area contributed by atoms with E-state index >= 15 is 0 Å². The molecule has 1 saturated heterocycles. The molecular formula is C18H15F3N2O. The van der Waals surface area contributed by atoms with E-state index in [9.17, 15) is 13.2 Å². The Morgan fingerprint density at radius 1 is 1.08 bits per heavy atom. The van der Waals surface area contributed by atoms with Crippen LogP contribution in [0.5, 0.6) is 5.75 Å². The molecule has 3 rings (SSSR count). The van der Waals surface area contributed by atoms with E-state index in [0.717, 1.165) is 12.1 Å². The molecule has 24 heavy (non-hydrogen) atoms. The Kier molecular flexibility index (Phi) is 4.61. The van der Waals surface area contributed by atoms with Crippen LogP contribution in [0.2, 0.25) is 0 Å². The van der Waals surface area contributed by atoms with Crippen molar-refractivity contribution in [2.45, 2.75) is 18.9 Å². The fourth-order valence-electron chi connectivity index (χ4n) is 2.82. The average Bonchev–Trinajstić information content (AvgIpc) is 2.58. The van der Waals surface area contributed by atoms with Gasteiger partial charge in [-0.3, -0.25) is 0 Å². The minimum Gasteiger partial charge on any atom is -0.487 e. The smallest absolute Gasteiger partial charge is 0.167 e. The third kappa shape index (κ3) is 3.30. The molecule has 2 aromatic carbocycles. The summed E-state index contributed by atoms with van der Waals surface area (Å²) in [7, 11) is 0. The van der Waals surface area contributed by atoms with Gasteiger partial charge in [0, 0.05) is 32.0 Å². The van der Waals surface area contributed by atoms with Crippen molar-refractivity contribution in [1.29, 1.82) is 5.26 Å². The predicted molar refractivity (Wildman–Crippen MR) is 83.3 cm³/mol. The van der Waals surface area contributed by atoms with Gasteiger partial charge in [0.1, 0.15) is 18.0 Å². The lowest BCUT2D eigenvalue weighted by Gasteiger charge is -2.34. The third-order valence-electron chi connectivity index (χ3n) is 4.07. The number of hydrogen-bond donors (Lipinski definition) is 0. The molecular weight excluding hydrogens is 317 g/mol. The quantitative estimate of drug-likeness (QED) is 0.852. The molecule has 0 bridgehead atoms. The van der Waals surface area contributed by atoms with Gasteiger partial charge >= 0.3 is 0 Å². The van der Waals surface area contributed by atoms with Crippen molar-refractivity contribution in [3.8, 4) is 11.8 Å². The molecule has 0 aliphatic carbocycles. The van der Waals surface area contributed by atoms with Crippen LogP contribution in [-0.4, -0.2) is 19.2 Å². The highest BCUT2D eigenvalue weighted by Gasteiger charge is 2.24. The minimum atomic E-state index is -0.731. The van der Waals surface area contributed by atoms with Crippen molar-refractivity contribution in [3.63, 3.8) is 0 Å². The van der Waals surface area contributed by atoms with Crippen LogP contribution in [-0.2, 0) is 0 Å². The summed E-state index contributed by atoms with van der Waals surface area (Å²) < 4.78 is 46.3. The van der Waals surface area contributed by atoms with Crippen LogP contribution >= 0.6 is 0 Å². The molecule has 1 heterocycles. The molecule has 0 N–H and O–H groups in total. The molecule has 1 fully saturated rings. The fourth-order valence-corrected chi connectivity index (χ4v) is 2.82. The highest BCUT2D eigenvalue weighted by atomic mass is 19.1. The van der Waals surface area contributed by atoms with Crippen LogP contribution in [0.1, 0.15) is 18.4 Å². The van der Waals surface area contributed by atoms with E-state index in [4.69, 9.17) is 10.00 Å². The van der Waals surface area contributed by atoms with Crippen LogP contribution in [0.3, 0.4) is 0 Å². The zero-order valence-corrected chi connectivity index (χ0v) is 12.8. The molecule has 0 unspecified atom stereocenters. The lowest BCUT2D eigenvalue weighted by Crippen LogP contribution is -2.38. The van der Waals surface area contributed by atoms with Gasteiger partial charge in [0.05, 0.1) is 11.3 Å². The van der Waals surface area contributed by atoms with Crippen LogP contribution in [0.25, 0.3) is 0 Å². The molecule has 2 aromatic rings. The van der Waals surface area contributed by atoms with E-state index < -0.39 is 17.5 Å². The minimum absolute atomic E-state index is 0.0132. The highest BCUT2D eigenvalue weighted by molar-refractivity contribution is 5.53. The van der Waals surface area contributed by atoms with Gasteiger partial charge in [-0.05, 0) is 24.3 Å². The second kappa shape index (κ2) is 6.83. The molecule has 0 spiro atoms. The number of piperidine rings is 1. The Hall–Kier alpha value is -2.68. The fraction of sp³-hybridized carbons (Fsp3) is 0.278. The monoisotopic (exact) mass is 332 g/mol. The average molecular weight is 332 g/mol. The number of hydrogen-bond acceptors (Lipinski definition) is 3. The largest absolute Gasteiger partial charge is 0.487 e. The van der Waals surface area contributed by atoms with Gasteiger partial charge in [-0.2, -0.15) is 5.26 Å². The summed E-state index contributed by atoms with van der Waals surface area (Å²) in [6.45, 7) is 1.05. The van der Waals surface area contributed by atoms with Gasteiger partial charge in [-0.1, -0.05) is 6.07 Å². The summed E-state index contributed by atoms with van der Waals surface area (Å²) in [5, 5.41) is 8.90. The zero-order valence-electron chi connectivity index (χ0n) is 12.8. The molecule has 124 valence electrons. The zero-order chi connectivity index (χ0) is 17.1. The van der Waals surface area contributed by atoms with E-state index in [2.05, 4.69) is 0 Å². The van der Waals surface area contributed by atoms with Gasteiger partial charge in [-0.15, -0.1) is 0 Å². The molecule has 1 aliphatic rings. The number of halogens is 3. The van der Waals surface area contributed by atoms with Crippen molar-refractivity contribution >= 4 is 5.69 Å². The summed E-state index contributed by atoms with van der Waals surface area (Å²) in [5.74, 6) is -1.89. The summed E-state index contributed by atoms with van der Waals surface area (Å²) in [6.07, 6.45) is 0.934. The first kappa shape index (κ1) is 16.2. The van der Waals surface area contributed by atoms with Crippen molar-refractivity contribution in [3.05, 3.63) is 59.4 Å². The maximum Gasteiger partial charge on any atom is 0.167 e. The number of nitrogens with zero attached hydrogens (tertiary/aromatic N) is 2. The first-order valence-electron chi connectivity index (χ1n) is 7.63. The maximum atomic E-state index is 14.2. The van der Waals surface area contributed by atoms with Crippen LogP contribution in [0, 0.1) is 28.8 Å². The molecule has 0 amide bonds. The third-order valence-corrected chi connectivity index (χ3v) is 4.07. The van der Waals surface area contributed by atoms with E-state index in [1.54, 1.807) is 12.1 Å².